The lowest BCUT2D eigenvalue weighted by Gasteiger charge is -2.37. The summed E-state index contributed by atoms with van der Waals surface area (Å²) in [6.45, 7) is 0.462. The maximum Gasteiger partial charge on any atom is 0.419 e. The molecule has 1 fully saturated rings. The van der Waals surface area contributed by atoms with Crippen LogP contribution in [0.2, 0.25) is 0 Å². The van der Waals surface area contributed by atoms with Gasteiger partial charge in [0.1, 0.15) is 0 Å². The molecule has 28 heavy (non-hydrogen) atoms. The first-order valence-electron chi connectivity index (χ1n) is 8.65. The zero-order chi connectivity index (χ0) is 20.4. The molecule has 1 heterocycles. The lowest BCUT2D eigenvalue weighted by atomic mass is 9.74. The Kier molecular flexibility index (Phi) is 5.27. The number of hydrogen-bond donors (Lipinski definition) is 1. The average molecular weight is 391 g/mol. The molecule has 4 nitrogen and oxygen atoms in total. The number of anilines is 1. The smallest absolute Gasteiger partial charge is 0.324 e. The highest BCUT2D eigenvalue weighted by molar-refractivity contribution is 5.89. The second-order valence-electron chi connectivity index (χ2n) is 6.64. The summed E-state index contributed by atoms with van der Waals surface area (Å²) in [6.07, 6.45) is -4.09. The second kappa shape index (κ2) is 7.50. The van der Waals surface area contributed by atoms with Crippen molar-refractivity contribution < 1.29 is 22.4 Å². The molecule has 0 spiro atoms. The van der Waals surface area contributed by atoms with Crippen LogP contribution in [0.15, 0.2) is 48.5 Å². The Bertz CT molecular complexity index is 898. The highest BCUT2D eigenvalue weighted by Gasteiger charge is 2.38. The summed E-state index contributed by atoms with van der Waals surface area (Å²) < 4.78 is 52.5. The van der Waals surface area contributed by atoms with Crippen LogP contribution in [-0.4, -0.2) is 24.0 Å². The van der Waals surface area contributed by atoms with Gasteiger partial charge in [0.2, 0.25) is 0 Å². The van der Waals surface area contributed by atoms with E-state index in [4.69, 9.17) is 0 Å². The molecule has 0 aliphatic carbocycles. The maximum absolute atomic E-state index is 14.1. The number of nitrogens with zero attached hydrogens (tertiary/aromatic N) is 2. The predicted molar refractivity (Wildman–Crippen MR) is 95.0 cm³/mol. The lowest BCUT2D eigenvalue weighted by molar-refractivity contribution is -0.139. The molecule has 0 atom stereocenters. The van der Waals surface area contributed by atoms with Crippen LogP contribution in [-0.2, 0) is 11.6 Å². The first-order valence-corrected chi connectivity index (χ1v) is 8.65. The van der Waals surface area contributed by atoms with Crippen LogP contribution < -0.4 is 5.32 Å². The molecule has 2 aromatic carbocycles. The summed E-state index contributed by atoms with van der Waals surface area (Å²) in [5.74, 6) is -1.52. The van der Waals surface area contributed by atoms with Crippen molar-refractivity contribution >= 4 is 11.7 Å². The minimum atomic E-state index is -4.85. The third kappa shape index (κ3) is 3.79. The van der Waals surface area contributed by atoms with E-state index in [2.05, 4.69) is 11.4 Å². The van der Waals surface area contributed by atoms with Crippen molar-refractivity contribution in [1.29, 1.82) is 5.26 Å². The molecule has 1 aliphatic rings. The van der Waals surface area contributed by atoms with Gasteiger partial charge in [0.15, 0.2) is 5.82 Å². The molecule has 3 rings (SSSR count). The Morgan fingerprint density at radius 1 is 1.07 bits per heavy atom. The van der Waals surface area contributed by atoms with Gasteiger partial charge in [-0.2, -0.15) is 18.4 Å². The summed E-state index contributed by atoms with van der Waals surface area (Å²) in [5.41, 5.74) is -1.82. The number of rotatable bonds is 2. The number of halogens is 4. The maximum atomic E-state index is 14.1. The van der Waals surface area contributed by atoms with Crippen molar-refractivity contribution in [2.45, 2.75) is 24.4 Å². The van der Waals surface area contributed by atoms with Gasteiger partial charge in [-0.15, -0.1) is 0 Å². The molecule has 1 saturated heterocycles. The quantitative estimate of drug-likeness (QED) is 0.738. The number of nitrogens with one attached hydrogen (secondary N) is 1. The van der Waals surface area contributed by atoms with Gasteiger partial charge in [0.05, 0.1) is 22.7 Å². The van der Waals surface area contributed by atoms with E-state index in [1.807, 2.05) is 30.3 Å². The van der Waals surface area contributed by atoms with Gasteiger partial charge >= 0.3 is 12.2 Å². The van der Waals surface area contributed by atoms with Gasteiger partial charge in [-0.1, -0.05) is 36.4 Å². The molecular formula is C20H17F4N3O. The Morgan fingerprint density at radius 3 is 2.29 bits per heavy atom. The molecule has 1 aliphatic heterocycles. The number of benzene rings is 2. The van der Waals surface area contributed by atoms with Gasteiger partial charge in [-0.25, -0.2) is 9.18 Å². The molecule has 0 radical (unpaired) electrons. The third-order valence-electron chi connectivity index (χ3n) is 4.99. The SMILES string of the molecule is N#CC1(c2ccccc2)CCN(C(=O)Nc2cccc(C(F)(F)F)c2F)CC1. The van der Waals surface area contributed by atoms with Crippen molar-refractivity contribution in [2.24, 2.45) is 0 Å². The zero-order valence-electron chi connectivity index (χ0n) is 14.8. The lowest BCUT2D eigenvalue weighted by Crippen LogP contribution is -2.46. The number of carbonyl (C=O) groups excluding carboxylic acids is 1. The standard InChI is InChI=1S/C20H17F4N3O/c21-17-15(20(22,23)24)7-4-8-16(17)26-18(28)27-11-9-19(13-25,10-12-27)14-5-2-1-3-6-14/h1-8H,9-12H2,(H,26,28). The Labute approximate surface area is 159 Å². The number of hydrogen-bond acceptors (Lipinski definition) is 2. The summed E-state index contributed by atoms with van der Waals surface area (Å²) in [6, 6.07) is 13.6. The van der Waals surface area contributed by atoms with Crippen LogP contribution in [0.25, 0.3) is 0 Å². The fraction of sp³-hybridized carbons (Fsp3) is 0.300. The highest BCUT2D eigenvalue weighted by Crippen LogP contribution is 2.36. The van der Waals surface area contributed by atoms with Crippen LogP contribution in [0.3, 0.4) is 0 Å². The van der Waals surface area contributed by atoms with Gasteiger partial charge in [0.25, 0.3) is 0 Å². The Hall–Kier alpha value is -3.08. The molecule has 0 aromatic heterocycles. The monoisotopic (exact) mass is 391 g/mol. The minimum Gasteiger partial charge on any atom is -0.324 e. The molecule has 2 amide bonds. The highest BCUT2D eigenvalue weighted by atomic mass is 19.4. The molecule has 0 bridgehead atoms. The van der Waals surface area contributed by atoms with Crippen LogP contribution >= 0.6 is 0 Å². The number of piperidine rings is 1. The van der Waals surface area contributed by atoms with E-state index in [0.717, 1.165) is 17.7 Å². The van der Waals surface area contributed by atoms with Gasteiger partial charge < -0.3 is 10.2 Å². The zero-order valence-corrected chi connectivity index (χ0v) is 14.8. The Morgan fingerprint density at radius 2 is 1.71 bits per heavy atom. The first-order chi connectivity index (χ1) is 13.3. The van der Waals surface area contributed by atoms with Crippen molar-refractivity contribution in [1.82, 2.24) is 4.90 Å². The van der Waals surface area contributed by atoms with E-state index in [-0.39, 0.29) is 13.1 Å². The van der Waals surface area contributed by atoms with E-state index in [0.29, 0.717) is 18.9 Å². The van der Waals surface area contributed by atoms with E-state index in [1.165, 1.54) is 4.90 Å². The van der Waals surface area contributed by atoms with Crippen molar-refractivity contribution in [3.63, 3.8) is 0 Å². The minimum absolute atomic E-state index is 0.231. The largest absolute Gasteiger partial charge is 0.419 e. The number of carbonyl (C=O) groups is 1. The predicted octanol–water partition coefficient (Wildman–Crippen LogP) is 4.93. The van der Waals surface area contributed by atoms with Gasteiger partial charge in [-0.3, -0.25) is 0 Å². The van der Waals surface area contributed by atoms with Gasteiger partial charge in [-0.05, 0) is 30.5 Å². The summed E-state index contributed by atoms with van der Waals surface area (Å²) in [5, 5.41) is 11.9. The number of likely N-dealkylation sites (tertiary alicyclic amines) is 1. The average Bonchev–Trinajstić information content (AvgIpc) is 2.69. The molecule has 2 aromatic rings. The van der Waals surface area contributed by atoms with E-state index < -0.39 is 34.7 Å². The molecule has 1 N–H and O–H groups in total. The van der Waals surface area contributed by atoms with Crippen LogP contribution in [0.4, 0.5) is 28.0 Å². The number of urea groups is 1. The van der Waals surface area contributed by atoms with Crippen molar-refractivity contribution in [3.05, 3.63) is 65.5 Å². The molecule has 146 valence electrons. The first kappa shape index (κ1) is 19.7. The van der Waals surface area contributed by atoms with E-state index in [1.54, 1.807) is 0 Å². The third-order valence-corrected chi connectivity index (χ3v) is 4.99. The van der Waals surface area contributed by atoms with Crippen molar-refractivity contribution in [3.8, 4) is 6.07 Å². The number of alkyl halides is 3. The van der Waals surface area contributed by atoms with Crippen LogP contribution in [0.1, 0.15) is 24.0 Å². The summed E-state index contributed by atoms with van der Waals surface area (Å²) in [7, 11) is 0. The molecule has 0 saturated carbocycles. The van der Waals surface area contributed by atoms with E-state index in [9.17, 15) is 27.6 Å². The molecular weight excluding hydrogens is 374 g/mol. The Balaban J connectivity index is 1.71. The number of nitriles is 1. The normalized spacial score (nSPS) is 16.3. The van der Waals surface area contributed by atoms with E-state index >= 15 is 0 Å². The fourth-order valence-corrected chi connectivity index (χ4v) is 3.36. The molecule has 8 heteroatoms. The second-order valence-corrected chi connectivity index (χ2v) is 6.64. The molecule has 0 unspecified atom stereocenters. The van der Waals surface area contributed by atoms with Gasteiger partial charge in [0, 0.05) is 13.1 Å². The van der Waals surface area contributed by atoms with Crippen molar-refractivity contribution in [2.75, 3.05) is 18.4 Å². The summed E-state index contributed by atoms with van der Waals surface area (Å²) >= 11 is 0. The van der Waals surface area contributed by atoms with Crippen LogP contribution in [0.5, 0.6) is 0 Å². The topological polar surface area (TPSA) is 56.1 Å². The summed E-state index contributed by atoms with van der Waals surface area (Å²) in [4.78, 5) is 13.8. The van der Waals surface area contributed by atoms with Crippen LogP contribution in [0, 0.1) is 17.1 Å². The number of amides is 2. The fourth-order valence-electron chi connectivity index (χ4n) is 3.36.